The third kappa shape index (κ3) is 5.87. The summed E-state index contributed by atoms with van der Waals surface area (Å²) >= 11 is 4.29. The molecule has 0 aliphatic rings. The first-order valence-corrected chi connectivity index (χ1v) is 4.94. The number of hydrogen-bond donors (Lipinski definition) is 0. The molecule has 7 heteroatoms. The summed E-state index contributed by atoms with van der Waals surface area (Å²) in [5, 5.41) is 0. The molecule has 0 fully saturated rings. The highest BCUT2D eigenvalue weighted by atomic mass is 127. The average molecular weight is 375 g/mol. The first kappa shape index (κ1) is 13.7. The second-order valence-electron chi connectivity index (χ2n) is 1.99. The zero-order chi connectivity index (χ0) is 10.5. The second kappa shape index (κ2) is 6.20. The van der Waals surface area contributed by atoms with Gasteiger partial charge in [0.2, 0.25) is 0 Å². The fourth-order valence-electron chi connectivity index (χ4n) is 0.471. The number of halogens is 5. The standard InChI is InChI=1S/C6H7BrF3IO2/c1-12-3-13-2-4(5(7)11)6(8,9)10/h2-3H2,1H3/b5-4-. The van der Waals surface area contributed by atoms with Gasteiger partial charge in [0, 0.05) is 7.11 Å². The van der Waals surface area contributed by atoms with Crippen molar-refractivity contribution in [3.8, 4) is 0 Å². The van der Waals surface area contributed by atoms with Crippen LogP contribution in [0.1, 0.15) is 0 Å². The van der Waals surface area contributed by atoms with Crippen LogP contribution in [0.2, 0.25) is 0 Å². The highest BCUT2D eigenvalue weighted by molar-refractivity contribution is 14.1. The Labute approximate surface area is 95.7 Å². The Morgan fingerprint density at radius 3 is 2.31 bits per heavy atom. The maximum absolute atomic E-state index is 12.2. The SMILES string of the molecule is COCOC/C(=C(\Br)I)C(F)(F)F. The summed E-state index contributed by atoms with van der Waals surface area (Å²) in [6.07, 6.45) is -4.37. The third-order valence-electron chi connectivity index (χ3n) is 1.02. The molecule has 0 saturated heterocycles. The van der Waals surface area contributed by atoms with Crippen LogP contribution in [0.15, 0.2) is 8.06 Å². The Bertz CT molecular complexity index is 189. The van der Waals surface area contributed by atoms with Crippen LogP contribution in [0.4, 0.5) is 13.2 Å². The van der Waals surface area contributed by atoms with Gasteiger partial charge in [-0.3, -0.25) is 0 Å². The van der Waals surface area contributed by atoms with Gasteiger partial charge in [0.25, 0.3) is 0 Å². The summed E-state index contributed by atoms with van der Waals surface area (Å²) in [7, 11) is 1.34. The molecule has 0 aromatic rings. The van der Waals surface area contributed by atoms with Crippen LogP contribution >= 0.6 is 38.5 Å². The first-order chi connectivity index (χ1) is 5.89. The fraction of sp³-hybridized carbons (Fsp3) is 0.667. The predicted octanol–water partition coefficient (Wildman–Crippen LogP) is 3.21. The van der Waals surface area contributed by atoms with Crippen LogP contribution in [0.5, 0.6) is 0 Å². The Morgan fingerprint density at radius 1 is 1.46 bits per heavy atom. The van der Waals surface area contributed by atoms with E-state index >= 15 is 0 Å². The molecule has 0 saturated carbocycles. The van der Waals surface area contributed by atoms with E-state index in [-0.39, 0.29) is 9.28 Å². The van der Waals surface area contributed by atoms with E-state index in [4.69, 9.17) is 0 Å². The highest BCUT2D eigenvalue weighted by Gasteiger charge is 2.35. The minimum atomic E-state index is -4.37. The number of hydrogen-bond acceptors (Lipinski definition) is 2. The van der Waals surface area contributed by atoms with Crippen molar-refractivity contribution in [2.75, 3.05) is 20.5 Å². The van der Waals surface area contributed by atoms with Crippen molar-refractivity contribution in [1.29, 1.82) is 0 Å². The highest BCUT2D eigenvalue weighted by Crippen LogP contribution is 2.33. The summed E-state index contributed by atoms with van der Waals surface area (Å²) in [5.41, 5.74) is -0.745. The molecule has 0 N–H and O–H groups in total. The van der Waals surface area contributed by atoms with Crippen molar-refractivity contribution >= 4 is 38.5 Å². The van der Waals surface area contributed by atoms with Gasteiger partial charge >= 0.3 is 6.18 Å². The lowest BCUT2D eigenvalue weighted by Gasteiger charge is -2.11. The lowest BCUT2D eigenvalue weighted by molar-refractivity contribution is -0.108. The normalized spacial score (nSPS) is 14.3. The van der Waals surface area contributed by atoms with Crippen molar-refractivity contribution < 1.29 is 22.6 Å². The van der Waals surface area contributed by atoms with Crippen molar-refractivity contribution in [1.82, 2.24) is 0 Å². The molecule has 0 bridgehead atoms. The van der Waals surface area contributed by atoms with Crippen molar-refractivity contribution in [2.24, 2.45) is 0 Å². The molecule has 0 spiro atoms. The molecular formula is C6H7BrF3IO2. The molecule has 0 unspecified atom stereocenters. The molecule has 2 nitrogen and oxygen atoms in total. The van der Waals surface area contributed by atoms with Gasteiger partial charge in [0.1, 0.15) is 6.79 Å². The van der Waals surface area contributed by atoms with Crippen LogP contribution in [-0.2, 0) is 9.47 Å². The van der Waals surface area contributed by atoms with E-state index in [2.05, 4.69) is 25.4 Å². The van der Waals surface area contributed by atoms with Crippen LogP contribution in [0.3, 0.4) is 0 Å². The lowest BCUT2D eigenvalue weighted by atomic mass is 10.3. The second-order valence-corrected chi connectivity index (χ2v) is 5.35. The van der Waals surface area contributed by atoms with Crippen LogP contribution < -0.4 is 0 Å². The van der Waals surface area contributed by atoms with E-state index in [0.29, 0.717) is 0 Å². The van der Waals surface area contributed by atoms with Crippen LogP contribution in [-0.4, -0.2) is 26.7 Å². The Balaban J connectivity index is 4.23. The maximum Gasteiger partial charge on any atom is 0.416 e. The van der Waals surface area contributed by atoms with Gasteiger partial charge in [-0.05, 0) is 38.5 Å². The number of rotatable bonds is 4. The minimum Gasteiger partial charge on any atom is -0.359 e. The maximum atomic E-state index is 12.2. The zero-order valence-electron chi connectivity index (χ0n) is 6.62. The summed E-state index contributed by atoms with van der Waals surface area (Å²) in [4.78, 5) is 0. The molecule has 0 amide bonds. The van der Waals surface area contributed by atoms with E-state index < -0.39 is 18.4 Å². The largest absolute Gasteiger partial charge is 0.416 e. The van der Waals surface area contributed by atoms with Gasteiger partial charge in [-0.15, -0.1) is 0 Å². The molecule has 0 atom stereocenters. The van der Waals surface area contributed by atoms with Gasteiger partial charge in [0.15, 0.2) is 0 Å². The van der Waals surface area contributed by atoms with Crippen LogP contribution in [0, 0.1) is 0 Å². The quantitative estimate of drug-likeness (QED) is 0.427. The van der Waals surface area contributed by atoms with E-state index in [1.165, 1.54) is 29.7 Å². The fourth-order valence-corrected chi connectivity index (χ4v) is 1.27. The van der Waals surface area contributed by atoms with Gasteiger partial charge in [-0.25, -0.2) is 0 Å². The Kier molecular flexibility index (Phi) is 6.52. The topological polar surface area (TPSA) is 18.5 Å². The molecule has 0 rings (SSSR count). The summed E-state index contributed by atoms with van der Waals surface area (Å²) in [6.45, 7) is -0.669. The number of methoxy groups -OCH3 is 1. The van der Waals surface area contributed by atoms with Gasteiger partial charge < -0.3 is 9.47 Å². The smallest absolute Gasteiger partial charge is 0.359 e. The van der Waals surface area contributed by atoms with Crippen molar-refractivity contribution in [3.05, 3.63) is 8.06 Å². The first-order valence-electron chi connectivity index (χ1n) is 3.07. The van der Waals surface area contributed by atoms with Gasteiger partial charge in [-0.1, -0.05) is 0 Å². The molecule has 0 aliphatic heterocycles. The van der Waals surface area contributed by atoms with Gasteiger partial charge in [-0.2, -0.15) is 13.2 Å². The Hall–Kier alpha value is 0.660. The molecule has 13 heavy (non-hydrogen) atoms. The van der Waals surface area contributed by atoms with E-state index in [1.807, 2.05) is 0 Å². The minimum absolute atomic E-state index is 0.00583. The average Bonchev–Trinajstić information content (AvgIpc) is 1.94. The lowest BCUT2D eigenvalue weighted by Crippen LogP contribution is -2.17. The van der Waals surface area contributed by atoms with Gasteiger partial charge in [0.05, 0.1) is 14.7 Å². The number of alkyl halides is 3. The monoisotopic (exact) mass is 374 g/mol. The van der Waals surface area contributed by atoms with Crippen molar-refractivity contribution in [2.45, 2.75) is 6.18 Å². The molecule has 0 aliphatic carbocycles. The van der Waals surface area contributed by atoms with E-state index in [9.17, 15) is 13.2 Å². The zero-order valence-corrected chi connectivity index (χ0v) is 10.4. The number of ether oxygens (including phenoxy) is 2. The molecule has 78 valence electrons. The van der Waals surface area contributed by atoms with Crippen molar-refractivity contribution in [3.63, 3.8) is 0 Å². The summed E-state index contributed by atoms with van der Waals surface area (Å²) < 4.78 is 45.6. The third-order valence-corrected chi connectivity index (χ3v) is 2.15. The molecule has 0 radical (unpaired) electrons. The van der Waals surface area contributed by atoms with Crippen LogP contribution in [0.25, 0.3) is 0 Å². The summed E-state index contributed by atoms with van der Waals surface area (Å²) in [6, 6.07) is 0. The Morgan fingerprint density at radius 2 is 2.00 bits per heavy atom. The molecular weight excluding hydrogens is 368 g/mol. The van der Waals surface area contributed by atoms with E-state index in [1.54, 1.807) is 0 Å². The predicted molar refractivity (Wildman–Crippen MR) is 53.9 cm³/mol. The molecule has 0 aromatic heterocycles. The molecule has 0 aromatic carbocycles. The summed E-state index contributed by atoms with van der Waals surface area (Å²) in [5.74, 6) is 0. The molecule has 0 heterocycles. The van der Waals surface area contributed by atoms with E-state index in [0.717, 1.165) is 0 Å².